The van der Waals surface area contributed by atoms with Crippen molar-refractivity contribution in [3.05, 3.63) is 59.7 Å². The highest BCUT2D eigenvalue weighted by Gasteiger charge is 2.31. The molecule has 1 unspecified atom stereocenters. The summed E-state index contributed by atoms with van der Waals surface area (Å²) < 4.78 is 15.8. The lowest BCUT2D eigenvalue weighted by molar-refractivity contribution is -0.140. The number of ether oxygens (including phenoxy) is 3. The van der Waals surface area contributed by atoms with Crippen molar-refractivity contribution < 1.29 is 33.7 Å². The standard InChI is InChI=1S/C25H30N2O7/c1-15(32-2)23(24(30)26-13-16(33-3)12-22(28)29)27-25(31)34-14-21-19-10-6-4-8-17(19)18-9-5-7-11-20(18)21/h4-11,15-16,21,23H,12-14H2,1-3H3,(H,26,30)(H,27,31)(H,28,29)/t15-,16?,23+/m1/s1. The summed E-state index contributed by atoms with van der Waals surface area (Å²) in [6.07, 6.45) is -2.36. The number of carboxylic acids is 1. The van der Waals surface area contributed by atoms with Crippen LogP contribution in [0.3, 0.4) is 0 Å². The van der Waals surface area contributed by atoms with Crippen LogP contribution in [0.1, 0.15) is 30.4 Å². The number of aliphatic carboxylic acids is 1. The van der Waals surface area contributed by atoms with E-state index in [9.17, 15) is 14.4 Å². The van der Waals surface area contributed by atoms with Gasteiger partial charge in [-0.25, -0.2) is 4.79 Å². The van der Waals surface area contributed by atoms with Crippen LogP contribution >= 0.6 is 0 Å². The molecule has 9 nitrogen and oxygen atoms in total. The van der Waals surface area contributed by atoms with Gasteiger partial charge in [0.05, 0.1) is 18.6 Å². The Balaban J connectivity index is 1.62. The summed E-state index contributed by atoms with van der Waals surface area (Å²) in [7, 11) is 2.79. The summed E-state index contributed by atoms with van der Waals surface area (Å²) in [5.41, 5.74) is 4.40. The number of methoxy groups -OCH3 is 2. The molecule has 182 valence electrons. The zero-order chi connectivity index (χ0) is 24.7. The van der Waals surface area contributed by atoms with E-state index in [0.717, 1.165) is 22.3 Å². The largest absolute Gasteiger partial charge is 0.481 e. The van der Waals surface area contributed by atoms with Crippen molar-refractivity contribution >= 4 is 18.0 Å². The molecule has 0 aromatic heterocycles. The van der Waals surface area contributed by atoms with Gasteiger partial charge in [-0.2, -0.15) is 0 Å². The molecule has 2 aromatic carbocycles. The Labute approximate surface area is 198 Å². The van der Waals surface area contributed by atoms with Crippen molar-refractivity contribution in [1.29, 1.82) is 0 Å². The van der Waals surface area contributed by atoms with Crippen LogP contribution < -0.4 is 10.6 Å². The molecule has 0 saturated heterocycles. The Bertz CT molecular complexity index is 980. The number of amides is 2. The first-order chi connectivity index (χ1) is 16.3. The second-order valence-corrected chi connectivity index (χ2v) is 8.09. The van der Waals surface area contributed by atoms with E-state index >= 15 is 0 Å². The van der Waals surface area contributed by atoms with Crippen molar-refractivity contribution in [3.63, 3.8) is 0 Å². The van der Waals surface area contributed by atoms with Crippen molar-refractivity contribution in [2.45, 2.75) is 37.5 Å². The quantitative estimate of drug-likeness (QED) is 0.461. The van der Waals surface area contributed by atoms with Crippen LogP contribution in [0.4, 0.5) is 4.79 Å². The topological polar surface area (TPSA) is 123 Å². The van der Waals surface area contributed by atoms with E-state index < -0.39 is 36.2 Å². The summed E-state index contributed by atoms with van der Waals surface area (Å²) in [5, 5.41) is 14.1. The molecule has 0 aliphatic heterocycles. The molecule has 1 aliphatic carbocycles. The lowest BCUT2D eigenvalue weighted by Gasteiger charge is -2.24. The van der Waals surface area contributed by atoms with Gasteiger partial charge < -0.3 is 30.0 Å². The van der Waals surface area contributed by atoms with Crippen LogP contribution in [-0.2, 0) is 23.8 Å². The third-order valence-corrected chi connectivity index (χ3v) is 5.98. The Hall–Kier alpha value is -3.43. The number of benzene rings is 2. The van der Waals surface area contributed by atoms with Crippen molar-refractivity contribution in [2.75, 3.05) is 27.4 Å². The van der Waals surface area contributed by atoms with Gasteiger partial charge in [0.25, 0.3) is 0 Å². The highest BCUT2D eigenvalue weighted by molar-refractivity contribution is 5.86. The second-order valence-electron chi connectivity index (χ2n) is 8.09. The zero-order valence-electron chi connectivity index (χ0n) is 19.4. The molecule has 0 radical (unpaired) electrons. The predicted molar refractivity (Wildman–Crippen MR) is 125 cm³/mol. The molecule has 0 fully saturated rings. The van der Waals surface area contributed by atoms with Gasteiger partial charge in [-0.15, -0.1) is 0 Å². The van der Waals surface area contributed by atoms with Crippen LogP contribution in [0.2, 0.25) is 0 Å². The third kappa shape index (κ3) is 5.92. The van der Waals surface area contributed by atoms with Gasteiger partial charge in [0.2, 0.25) is 5.91 Å². The molecule has 2 amide bonds. The van der Waals surface area contributed by atoms with Gasteiger partial charge >= 0.3 is 12.1 Å². The highest BCUT2D eigenvalue weighted by atomic mass is 16.5. The van der Waals surface area contributed by atoms with Gasteiger partial charge in [0.15, 0.2) is 0 Å². The van der Waals surface area contributed by atoms with Crippen LogP contribution in [0, 0.1) is 0 Å². The Kier molecular flexibility index (Phi) is 8.61. The van der Waals surface area contributed by atoms with E-state index in [-0.39, 0.29) is 25.5 Å². The highest BCUT2D eigenvalue weighted by Crippen LogP contribution is 2.44. The smallest absolute Gasteiger partial charge is 0.407 e. The van der Waals surface area contributed by atoms with E-state index in [4.69, 9.17) is 19.3 Å². The van der Waals surface area contributed by atoms with Crippen molar-refractivity contribution in [3.8, 4) is 11.1 Å². The molecule has 34 heavy (non-hydrogen) atoms. The molecular weight excluding hydrogens is 440 g/mol. The molecule has 2 aromatic rings. The molecule has 0 spiro atoms. The second kappa shape index (κ2) is 11.6. The van der Waals surface area contributed by atoms with E-state index in [0.29, 0.717) is 0 Å². The lowest BCUT2D eigenvalue weighted by Crippen LogP contribution is -2.54. The number of carbonyl (C=O) groups excluding carboxylic acids is 2. The number of nitrogens with one attached hydrogen (secondary N) is 2. The zero-order valence-corrected chi connectivity index (χ0v) is 19.4. The molecule has 3 N–H and O–H groups in total. The van der Waals surface area contributed by atoms with Crippen LogP contribution in [-0.4, -0.2) is 68.7 Å². The Morgan fingerprint density at radius 3 is 2.09 bits per heavy atom. The van der Waals surface area contributed by atoms with E-state index in [1.807, 2.05) is 48.5 Å². The maximum absolute atomic E-state index is 12.7. The minimum absolute atomic E-state index is 0.0268. The summed E-state index contributed by atoms with van der Waals surface area (Å²) in [6, 6.07) is 15.0. The molecule has 0 saturated carbocycles. The first kappa shape index (κ1) is 25.2. The molecule has 3 rings (SSSR count). The lowest BCUT2D eigenvalue weighted by atomic mass is 9.98. The fourth-order valence-corrected chi connectivity index (χ4v) is 4.06. The molecule has 1 aliphatic rings. The average molecular weight is 471 g/mol. The number of hydrogen-bond acceptors (Lipinski definition) is 6. The van der Waals surface area contributed by atoms with Gasteiger partial charge in [-0.05, 0) is 29.2 Å². The van der Waals surface area contributed by atoms with Gasteiger partial charge in [-0.1, -0.05) is 48.5 Å². The monoisotopic (exact) mass is 470 g/mol. The summed E-state index contributed by atoms with van der Waals surface area (Å²) in [6.45, 7) is 1.72. The van der Waals surface area contributed by atoms with E-state index in [1.54, 1.807) is 6.92 Å². The normalized spacial score (nSPS) is 14.9. The fourth-order valence-electron chi connectivity index (χ4n) is 4.06. The number of alkyl carbamates (subject to hydrolysis) is 1. The van der Waals surface area contributed by atoms with E-state index in [2.05, 4.69) is 10.6 Å². The minimum atomic E-state index is -1.04. The van der Waals surface area contributed by atoms with Crippen LogP contribution in [0.25, 0.3) is 11.1 Å². The summed E-state index contributed by atoms with van der Waals surface area (Å²) >= 11 is 0. The SMILES string of the molecule is COC(CNC(=O)[C@@H](NC(=O)OCC1c2ccccc2-c2ccccc21)[C@@H](C)OC)CC(=O)O. The van der Waals surface area contributed by atoms with Gasteiger partial charge in [0.1, 0.15) is 12.6 Å². The maximum Gasteiger partial charge on any atom is 0.407 e. The molecular formula is C25H30N2O7. The van der Waals surface area contributed by atoms with Crippen molar-refractivity contribution in [1.82, 2.24) is 10.6 Å². The number of hydrogen-bond donors (Lipinski definition) is 3. The number of carboxylic acid groups (broad SMARTS) is 1. The number of carbonyl (C=O) groups is 3. The van der Waals surface area contributed by atoms with Gasteiger partial charge in [0, 0.05) is 26.7 Å². The maximum atomic E-state index is 12.7. The van der Waals surface area contributed by atoms with Crippen molar-refractivity contribution in [2.24, 2.45) is 0 Å². The first-order valence-corrected chi connectivity index (χ1v) is 11.0. The summed E-state index contributed by atoms with van der Waals surface area (Å²) in [4.78, 5) is 36.2. The molecule has 9 heteroatoms. The first-order valence-electron chi connectivity index (χ1n) is 11.0. The third-order valence-electron chi connectivity index (χ3n) is 5.98. The van der Waals surface area contributed by atoms with Crippen LogP contribution in [0.5, 0.6) is 0 Å². The predicted octanol–water partition coefficient (Wildman–Crippen LogP) is 2.53. The Morgan fingerprint density at radius 2 is 1.56 bits per heavy atom. The van der Waals surface area contributed by atoms with Crippen LogP contribution in [0.15, 0.2) is 48.5 Å². The molecule has 3 atom stereocenters. The Morgan fingerprint density at radius 1 is 0.971 bits per heavy atom. The summed E-state index contributed by atoms with van der Waals surface area (Å²) in [5.74, 6) is -1.68. The molecule has 0 heterocycles. The molecule has 0 bridgehead atoms. The minimum Gasteiger partial charge on any atom is -0.481 e. The van der Waals surface area contributed by atoms with E-state index in [1.165, 1.54) is 14.2 Å². The van der Waals surface area contributed by atoms with Gasteiger partial charge in [-0.3, -0.25) is 9.59 Å². The average Bonchev–Trinajstić information content (AvgIpc) is 3.16. The fraction of sp³-hybridized carbons (Fsp3) is 0.400. The number of fused-ring (bicyclic) bond motifs is 3. The number of rotatable bonds is 11.